The molecule has 1 atom stereocenters. The van der Waals surface area contributed by atoms with Gasteiger partial charge in [-0.15, -0.1) is 0 Å². The van der Waals surface area contributed by atoms with Crippen molar-refractivity contribution in [2.45, 2.75) is 26.1 Å². The highest BCUT2D eigenvalue weighted by Crippen LogP contribution is 2.25. The number of aliphatic hydroxyl groups excluding tert-OH is 1. The highest BCUT2D eigenvalue weighted by Gasteiger charge is 2.17. The molecular formula is C23H21BrF2N2O4. The van der Waals surface area contributed by atoms with E-state index in [2.05, 4.69) is 15.9 Å². The first-order chi connectivity index (χ1) is 15.2. The average Bonchev–Trinajstić information content (AvgIpc) is 2.78. The minimum atomic E-state index is -0.952. The van der Waals surface area contributed by atoms with Crippen LogP contribution in [0.25, 0.3) is 0 Å². The van der Waals surface area contributed by atoms with E-state index in [-0.39, 0.29) is 34.5 Å². The molecule has 2 aromatic carbocycles. The standard InChI is InChI=1S/C23H21BrF2N2O4/c1-13-7-20(32-12-16-5-6-17(25)9-18(16)26)21(24)23(31)28(13)10-14-3-2-4-15(8-14)22(27)19(30)11-29/h2-9,22,29H,10-12,27H2,1H3. The van der Waals surface area contributed by atoms with E-state index in [0.29, 0.717) is 11.3 Å². The van der Waals surface area contributed by atoms with Gasteiger partial charge in [-0.3, -0.25) is 9.59 Å². The number of nitrogens with two attached hydrogens (primary N) is 1. The summed E-state index contributed by atoms with van der Waals surface area (Å²) in [5, 5.41) is 9.01. The predicted molar refractivity (Wildman–Crippen MR) is 118 cm³/mol. The van der Waals surface area contributed by atoms with E-state index >= 15 is 0 Å². The number of rotatable bonds is 8. The van der Waals surface area contributed by atoms with Crippen LogP contribution in [-0.4, -0.2) is 22.1 Å². The van der Waals surface area contributed by atoms with Crippen molar-refractivity contribution in [3.05, 3.63) is 97.4 Å². The first-order valence-electron chi connectivity index (χ1n) is 9.66. The lowest BCUT2D eigenvalue weighted by Gasteiger charge is -2.16. The zero-order valence-corrected chi connectivity index (χ0v) is 18.7. The Labute approximate surface area is 191 Å². The summed E-state index contributed by atoms with van der Waals surface area (Å²) < 4.78 is 34.2. The fourth-order valence-corrected chi connectivity index (χ4v) is 3.61. The molecule has 6 nitrogen and oxygen atoms in total. The summed E-state index contributed by atoms with van der Waals surface area (Å²) in [5.74, 6) is -1.69. The molecule has 32 heavy (non-hydrogen) atoms. The molecule has 9 heteroatoms. The van der Waals surface area contributed by atoms with Gasteiger partial charge in [-0.25, -0.2) is 8.78 Å². The summed E-state index contributed by atoms with van der Waals surface area (Å²) in [6.45, 7) is 1.11. The van der Waals surface area contributed by atoms with Crippen molar-refractivity contribution in [1.82, 2.24) is 4.57 Å². The van der Waals surface area contributed by atoms with Crippen molar-refractivity contribution in [2.75, 3.05) is 6.61 Å². The summed E-state index contributed by atoms with van der Waals surface area (Å²) in [6.07, 6.45) is 0. The van der Waals surface area contributed by atoms with Crippen molar-refractivity contribution >= 4 is 21.7 Å². The molecule has 0 saturated carbocycles. The third-order valence-electron chi connectivity index (χ3n) is 4.97. The Bertz CT molecular complexity index is 1210. The first-order valence-corrected chi connectivity index (χ1v) is 10.4. The molecule has 0 aliphatic heterocycles. The SMILES string of the molecule is Cc1cc(OCc2ccc(F)cc2F)c(Br)c(=O)n1Cc1cccc(C(N)C(=O)CO)c1. The maximum absolute atomic E-state index is 13.8. The minimum Gasteiger partial charge on any atom is -0.487 e. The first kappa shape index (κ1) is 23.8. The Morgan fingerprint density at radius 3 is 2.66 bits per heavy atom. The van der Waals surface area contributed by atoms with Crippen LogP contribution >= 0.6 is 15.9 Å². The van der Waals surface area contributed by atoms with Crippen LogP contribution < -0.4 is 16.0 Å². The number of halogens is 3. The molecule has 3 rings (SSSR count). The van der Waals surface area contributed by atoms with Crippen molar-refractivity contribution in [3.63, 3.8) is 0 Å². The van der Waals surface area contributed by atoms with Crippen LogP contribution in [0.2, 0.25) is 0 Å². The molecule has 3 aromatic rings. The maximum Gasteiger partial charge on any atom is 0.269 e. The molecule has 0 aliphatic rings. The lowest BCUT2D eigenvalue weighted by atomic mass is 10.0. The fraction of sp³-hybridized carbons (Fsp3) is 0.217. The Morgan fingerprint density at radius 2 is 1.97 bits per heavy atom. The van der Waals surface area contributed by atoms with Crippen molar-refractivity contribution in [1.29, 1.82) is 0 Å². The number of carbonyl (C=O) groups excluding carboxylic acids is 1. The van der Waals surface area contributed by atoms with Crippen LogP contribution in [0.3, 0.4) is 0 Å². The van der Waals surface area contributed by atoms with Crippen LogP contribution in [0.15, 0.2) is 57.8 Å². The molecule has 0 radical (unpaired) electrons. The number of ether oxygens (including phenoxy) is 1. The van der Waals surface area contributed by atoms with Crippen molar-refractivity contribution in [2.24, 2.45) is 5.73 Å². The number of hydrogen-bond donors (Lipinski definition) is 2. The molecule has 3 N–H and O–H groups in total. The van der Waals surface area contributed by atoms with Crippen LogP contribution in [0, 0.1) is 18.6 Å². The summed E-state index contributed by atoms with van der Waals surface area (Å²) >= 11 is 3.24. The second-order valence-corrected chi connectivity index (χ2v) is 8.02. The number of Topliss-reactive ketones (excluding diaryl/α,β-unsaturated/α-hetero) is 1. The monoisotopic (exact) mass is 506 g/mol. The number of aryl methyl sites for hydroxylation is 1. The zero-order valence-electron chi connectivity index (χ0n) is 17.1. The molecule has 0 aliphatic carbocycles. The number of benzene rings is 2. The van der Waals surface area contributed by atoms with Gasteiger partial charge in [0.25, 0.3) is 5.56 Å². The fourth-order valence-electron chi connectivity index (χ4n) is 3.16. The van der Waals surface area contributed by atoms with Gasteiger partial charge in [0.2, 0.25) is 0 Å². The van der Waals surface area contributed by atoms with Gasteiger partial charge in [-0.05, 0) is 46.1 Å². The van der Waals surface area contributed by atoms with E-state index in [4.69, 9.17) is 15.6 Å². The van der Waals surface area contributed by atoms with E-state index in [0.717, 1.165) is 17.7 Å². The highest BCUT2D eigenvalue weighted by atomic mass is 79.9. The van der Waals surface area contributed by atoms with Crippen LogP contribution in [0.4, 0.5) is 8.78 Å². The van der Waals surface area contributed by atoms with Crippen LogP contribution in [-0.2, 0) is 17.9 Å². The Hall–Kier alpha value is -2.88. The van der Waals surface area contributed by atoms with Gasteiger partial charge in [0, 0.05) is 23.4 Å². The molecule has 0 spiro atoms. The third kappa shape index (κ3) is 5.29. The molecular weight excluding hydrogens is 486 g/mol. The Kier molecular flexibility index (Phi) is 7.55. The Balaban J connectivity index is 1.83. The van der Waals surface area contributed by atoms with Gasteiger partial charge in [-0.1, -0.05) is 24.3 Å². The maximum atomic E-state index is 13.8. The predicted octanol–water partition coefficient (Wildman–Crippen LogP) is 3.39. The molecule has 0 bridgehead atoms. The number of hydrogen-bond acceptors (Lipinski definition) is 5. The van der Waals surface area contributed by atoms with Crippen LogP contribution in [0.5, 0.6) is 5.75 Å². The largest absolute Gasteiger partial charge is 0.487 e. The van der Waals surface area contributed by atoms with E-state index in [1.54, 1.807) is 37.3 Å². The number of pyridine rings is 1. The van der Waals surface area contributed by atoms with E-state index in [1.807, 2.05) is 0 Å². The van der Waals surface area contributed by atoms with Crippen LogP contribution in [0.1, 0.15) is 28.4 Å². The summed E-state index contributed by atoms with van der Waals surface area (Å²) in [6, 6.07) is 10.8. The lowest BCUT2D eigenvalue weighted by molar-refractivity contribution is -0.123. The van der Waals surface area contributed by atoms with Crippen molar-refractivity contribution < 1.29 is 23.4 Å². The number of nitrogens with zero attached hydrogens (tertiary/aromatic N) is 1. The Morgan fingerprint density at radius 1 is 1.22 bits per heavy atom. The normalized spacial score (nSPS) is 11.9. The molecule has 0 saturated heterocycles. The number of ketones is 1. The quantitative estimate of drug-likeness (QED) is 0.488. The second kappa shape index (κ2) is 10.2. The topological polar surface area (TPSA) is 94.5 Å². The van der Waals surface area contributed by atoms with E-state index in [9.17, 15) is 18.4 Å². The average molecular weight is 507 g/mol. The van der Waals surface area contributed by atoms with Gasteiger partial charge in [0.15, 0.2) is 5.78 Å². The van der Waals surface area contributed by atoms with E-state index in [1.165, 1.54) is 10.6 Å². The smallest absolute Gasteiger partial charge is 0.269 e. The van der Waals surface area contributed by atoms with Crippen molar-refractivity contribution in [3.8, 4) is 5.75 Å². The van der Waals surface area contributed by atoms with Gasteiger partial charge in [-0.2, -0.15) is 0 Å². The highest BCUT2D eigenvalue weighted by molar-refractivity contribution is 9.10. The minimum absolute atomic E-state index is 0.158. The summed E-state index contributed by atoms with van der Waals surface area (Å²) in [4.78, 5) is 24.6. The molecule has 0 fully saturated rings. The number of aliphatic hydroxyl groups is 1. The van der Waals surface area contributed by atoms with Gasteiger partial charge >= 0.3 is 0 Å². The molecule has 1 heterocycles. The summed E-state index contributed by atoms with van der Waals surface area (Å²) in [5.41, 5.74) is 7.53. The van der Waals surface area contributed by atoms with Gasteiger partial charge < -0.3 is 20.1 Å². The molecule has 0 amide bonds. The number of aromatic nitrogens is 1. The number of carbonyl (C=O) groups is 1. The zero-order chi connectivity index (χ0) is 23.4. The van der Waals surface area contributed by atoms with E-state index < -0.39 is 30.1 Å². The molecule has 1 aromatic heterocycles. The lowest BCUT2D eigenvalue weighted by Crippen LogP contribution is -2.25. The van der Waals surface area contributed by atoms with Gasteiger partial charge in [0.05, 0.1) is 12.6 Å². The second-order valence-electron chi connectivity index (χ2n) is 7.23. The molecule has 1 unspecified atom stereocenters. The third-order valence-corrected chi connectivity index (χ3v) is 5.70. The summed E-state index contributed by atoms with van der Waals surface area (Å²) in [7, 11) is 0. The van der Waals surface area contributed by atoms with Gasteiger partial charge in [0.1, 0.15) is 35.1 Å². The molecule has 168 valence electrons.